The summed E-state index contributed by atoms with van der Waals surface area (Å²) in [7, 11) is 0. The van der Waals surface area contributed by atoms with Crippen molar-refractivity contribution in [2.24, 2.45) is 0 Å². The third-order valence-electron chi connectivity index (χ3n) is 4.81. The number of benzene rings is 2. The predicted octanol–water partition coefficient (Wildman–Crippen LogP) is 4.08. The molecule has 1 fully saturated rings. The maximum absolute atomic E-state index is 13.2. The fourth-order valence-corrected chi connectivity index (χ4v) is 3.29. The van der Waals surface area contributed by atoms with E-state index in [0.29, 0.717) is 32.7 Å². The SMILES string of the molecule is CCOc1ccc(NC(=O)C2(c3ccc(C)cc3)CCOCC2)cc1. The molecule has 4 heteroatoms. The molecule has 0 saturated carbocycles. The fourth-order valence-electron chi connectivity index (χ4n) is 3.29. The van der Waals surface area contributed by atoms with Crippen molar-refractivity contribution in [2.45, 2.75) is 32.1 Å². The van der Waals surface area contributed by atoms with Crippen LogP contribution in [0.3, 0.4) is 0 Å². The number of hydrogen-bond acceptors (Lipinski definition) is 3. The number of hydrogen-bond donors (Lipinski definition) is 1. The Kier molecular flexibility index (Phi) is 5.39. The summed E-state index contributed by atoms with van der Waals surface area (Å²) in [6.07, 6.45) is 1.39. The Morgan fingerprint density at radius 3 is 2.32 bits per heavy atom. The van der Waals surface area contributed by atoms with Crippen molar-refractivity contribution in [1.82, 2.24) is 0 Å². The summed E-state index contributed by atoms with van der Waals surface area (Å²) in [4.78, 5) is 13.2. The lowest BCUT2D eigenvalue weighted by Gasteiger charge is -2.36. The molecule has 2 aromatic rings. The second-order valence-electron chi connectivity index (χ2n) is 6.47. The monoisotopic (exact) mass is 339 g/mol. The highest BCUT2D eigenvalue weighted by Crippen LogP contribution is 2.36. The number of rotatable bonds is 5. The quantitative estimate of drug-likeness (QED) is 0.893. The first kappa shape index (κ1) is 17.5. The Bertz CT molecular complexity index is 701. The summed E-state index contributed by atoms with van der Waals surface area (Å²) >= 11 is 0. The average molecular weight is 339 g/mol. The first-order valence-corrected chi connectivity index (χ1v) is 8.83. The highest BCUT2D eigenvalue weighted by Gasteiger charge is 2.41. The van der Waals surface area contributed by atoms with Crippen LogP contribution in [0.4, 0.5) is 5.69 Å². The van der Waals surface area contributed by atoms with Crippen LogP contribution in [0.25, 0.3) is 0 Å². The number of aryl methyl sites for hydroxylation is 1. The molecule has 1 N–H and O–H groups in total. The molecule has 0 aromatic heterocycles. The van der Waals surface area contributed by atoms with Gasteiger partial charge in [-0.25, -0.2) is 0 Å². The van der Waals surface area contributed by atoms with Gasteiger partial charge in [0.05, 0.1) is 12.0 Å². The molecule has 1 aliphatic rings. The van der Waals surface area contributed by atoms with Crippen molar-refractivity contribution in [3.05, 3.63) is 59.7 Å². The molecule has 3 rings (SSSR count). The molecule has 0 radical (unpaired) electrons. The van der Waals surface area contributed by atoms with Crippen LogP contribution in [0, 0.1) is 6.92 Å². The largest absolute Gasteiger partial charge is 0.494 e. The number of nitrogens with one attached hydrogen (secondary N) is 1. The first-order valence-electron chi connectivity index (χ1n) is 8.83. The summed E-state index contributed by atoms with van der Waals surface area (Å²) in [5.41, 5.74) is 2.50. The van der Waals surface area contributed by atoms with E-state index in [-0.39, 0.29) is 5.91 Å². The molecular formula is C21H25NO3. The van der Waals surface area contributed by atoms with Crippen LogP contribution in [-0.2, 0) is 14.9 Å². The summed E-state index contributed by atoms with van der Waals surface area (Å²) < 4.78 is 11.0. The summed E-state index contributed by atoms with van der Waals surface area (Å²) in [5, 5.41) is 3.08. The van der Waals surface area contributed by atoms with E-state index in [0.717, 1.165) is 17.0 Å². The van der Waals surface area contributed by atoms with Gasteiger partial charge in [0.15, 0.2) is 0 Å². The van der Waals surface area contributed by atoms with E-state index < -0.39 is 5.41 Å². The molecule has 1 saturated heterocycles. The molecule has 0 aliphatic carbocycles. The minimum absolute atomic E-state index is 0.0313. The second kappa shape index (κ2) is 7.70. The fraction of sp³-hybridized carbons (Fsp3) is 0.381. The highest BCUT2D eigenvalue weighted by molar-refractivity contribution is 5.99. The summed E-state index contributed by atoms with van der Waals surface area (Å²) in [5.74, 6) is 0.837. The van der Waals surface area contributed by atoms with Crippen LogP contribution in [0.5, 0.6) is 5.75 Å². The van der Waals surface area contributed by atoms with Crippen molar-refractivity contribution in [1.29, 1.82) is 0 Å². The van der Waals surface area contributed by atoms with Gasteiger partial charge in [-0.3, -0.25) is 4.79 Å². The first-order chi connectivity index (χ1) is 12.1. The van der Waals surface area contributed by atoms with E-state index in [1.54, 1.807) is 0 Å². The van der Waals surface area contributed by atoms with Crippen molar-refractivity contribution in [3.8, 4) is 5.75 Å². The number of carbonyl (C=O) groups is 1. The van der Waals surface area contributed by atoms with E-state index >= 15 is 0 Å². The molecule has 0 spiro atoms. The minimum Gasteiger partial charge on any atom is -0.494 e. The molecule has 1 amide bonds. The van der Waals surface area contributed by atoms with Gasteiger partial charge in [0.2, 0.25) is 5.91 Å². The van der Waals surface area contributed by atoms with Crippen molar-refractivity contribution in [3.63, 3.8) is 0 Å². The number of ether oxygens (including phenoxy) is 2. The Hall–Kier alpha value is -2.33. The highest BCUT2D eigenvalue weighted by atomic mass is 16.5. The number of anilines is 1. The van der Waals surface area contributed by atoms with E-state index in [4.69, 9.17) is 9.47 Å². The van der Waals surface area contributed by atoms with Gasteiger partial charge >= 0.3 is 0 Å². The van der Waals surface area contributed by atoms with Crippen LogP contribution >= 0.6 is 0 Å². The van der Waals surface area contributed by atoms with Crippen LogP contribution in [0.1, 0.15) is 30.9 Å². The topological polar surface area (TPSA) is 47.6 Å². The van der Waals surface area contributed by atoms with Gasteiger partial charge in [0.25, 0.3) is 0 Å². The van der Waals surface area contributed by atoms with Crippen LogP contribution in [0.15, 0.2) is 48.5 Å². The zero-order valence-electron chi connectivity index (χ0n) is 14.9. The lowest BCUT2D eigenvalue weighted by molar-refractivity contribution is -0.125. The van der Waals surface area contributed by atoms with Gasteiger partial charge in [-0.1, -0.05) is 29.8 Å². The minimum atomic E-state index is -0.537. The van der Waals surface area contributed by atoms with Gasteiger partial charge in [0, 0.05) is 18.9 Å². The second-order valence-corrected chi connectivity index (χ2v) is 6.47. The lowest BCUT2D eigenvalue weighted by Crippen LogP contribution is -2.44. The van der Waals surface area contributed by atoms with E-state index in [2.05, 4.69) is 36.5 Å². The molecule has 1 aliphatic heterocycles. The molecule has 25 heavy (non-hydrogen) atoms. The molecule has 0 unspecified atom stereocenters. The molecular weight excluding hydrogens is 314 g/mol. The Morgan fingerprint density at radius 1 is 1.08 bits per heavy atom. The molecule has 132 valence electrons. The van der Waals surface area contributed by atoms with Crippen molar-refractivity contribution in [2.75, 3.05) is 25.1 Å². The zero-order valence-corrected chi connectivity index (χ0v) is 14.9. The summed E-state index contributed by atoms with van der Waals surface area (Å²) in [6.45, 7) is 5.84. The normalized spacial score (nSPS) is 16.2. The lowest BCUT2D eigenvalue weighted by atomic mass is 9.73. The van der Waals surface area contributed by atoms with Crippen molar-refractivity contribution < 1.29 is 14.3 Å². The third kappa shape index (κ3) is 3.85. The molecule has 2 aromatic carbocycles. The summed E-state index contributed by atoms with van der Waals surface area (Å²) in [6, 6.07) is 15.8. The Balaban J connectivity index is 1.83. The Labute approximate surface area is 149 Å². The number of carbonyl (C=O) groups excluding carboxylic acids is 1. The standard InChI is InChI=1S/C21H25NO3/c1-3-25-19-10-8-18(9-11-19)22-20(23)21(12-14-24-15-13-21)17-6-4-16(2)5-7-17/h4-11H,3,12-15H2,1-2H3,(H,22,23). The molecule has 0 atom stereocenters. The van der Waals surface area contributed by atoms with Crippen LogP contribution < -0.4 is 10.1 Å². The Morgan fingerprint density at radius 2 is 1.72 bits per heavy atom. The average Bonchev–Trinajstić information content (AvgIpc) is 2.64. The van der Waals surface area contributed by atoms with Crippen molar-refractivity contribution >= 4 is 11.6 Å². The maximum atomic E-state index is 13.2. The van der Waals surface area contributed by atoms with Crippen LogP contribution in [0.2, 0.25) is 0 Å². The van der Waals surface area contributed by atoms with E-state index in [1.807, 2.05) is 31.2 Å². The smallest absolute Gasteiger partial charge is 0.235 e. The van der Waals surface area contributed by atoms with Gasteiger partial charge < -0.3 is 14.8 Å². The van der Waals surface area contributed by atoms with Crippen LogP contribution in [-0.4, -0.2) is 25.7 Å². The zero-order chi connectivity index (χ0) is 17.7. The van der Waals surface area contributed by atoms with E-state index in [1.165, 1.54) is 5.56 Å². The predicted molar refractivity (Wildman–Crippen MR) is 99.2 cm³/mol. The molecule has 1 heterocycles. The third-order valence-corrected chi connectivity index (χ3v) is 4.81. The maximum Gasteiger partial charge on any atom is 0.235 e. The van der Waals surface area contributed by atoms with Gasteiger partial charge in [-0.2, -0.15) is 0 Å². The number of amides is 1. The van der Waals surface area contributed by atoms with Gasteiger partial charge in [-0.15, -0.1) is 0 Å². The van der Waals surface area contributed by atoms with Gasteiger partial charge in [-0.05, 0) is 56.5 Å². The van der Waals surface area contributed by atoms with E-state index in [9.17, 15) is 4.79 Å². The molecule has 4 nitrogen and oxygen atoms in total. The van der Waals surface area contributed by atoms with Gasteiger partial charge in [0.1, 0.15) is 5.75 Å². The molecule has 0 bridgehead atoms.